The summed E-state index contributed by atoms with van der Waals surface area (Å²) >= 11 is 4.12. The molecule has 0 heterocycles. The van der Waals surface area contributed by atoms with Crippen LogP contribution in [0.2, 0.25) is 15.8 Å². The van der Waals surface area contributed by atoms with E-state index in [-0.39, 0.29) is 0 Å². The quantitative estimate of drug-likeness (QED) is 0.680. The molecule has 0 unspecified atom stereocenters. The van der Waals surface area contributed by atoms with Crippen molar-refractivity contribution in [2.75, 3.05) is 0 Å². The molecular formula is C12H33Al3. The first-order chi connectivity index (χ1) is 6.81. The predicted molar refractivity (Wildman–Crippen MR) is 84.6 cm³/mol. The molecule has 3 heteroatoms. The Morgan fingerprint density at radius 1 is 0.533 bits per heavy atom. The van der Waals surface area contributed by atoms with Crippen molar-refractivity contribution >= 4 is 48.9 Å². The van der Waals surface area contributed by atoms with Gasteiger partial charge in [0, 0.05) is 0 Å². The fraction of sp³-hybridized carbons (Fsp3) is 1.00. The number of hydrogen-bond donors (Lipinski definition) is 0. The van der Waals surface area contributed by atoms with Crippen LogP contribution in [-0.4, -0.2) is 48.9 Å². The minimum Gasteiger partial charge on any atom is -0.0990 e. The Bertz CT molecular complexity index is 71.8. The SMILES string of the molecule is CC(C)[CH2][AlH2].CC(C)[CH2][AlH2].CC(C)[CH2][AlH2]. The third-order valence-electron chi connectivity index (χ3n) is 2.45. The van der Waals surface area contributed by atoms with Gasteiger partial charge in [0.15, 0.2) is 0 Å². The van der Waals surface area contributed by atoms with Gasteiger partial charge < -0.3 is 0 Å². The zero-order valence-corrected chi connectivity index (χ0v) is 18.9. The maximum atomic E-state index is 2.26. The van der Waals surface area contributed by atoms with E-state index >= 15 is 0 Å². The van der Waals surface area contributed by atoms with Gasteiger partial charge in [-0.05, 0) is 0 Å². The van der Waals surface area contributed by atoms with Crippen molar-refractivity contribution in [1.29, 1.82) is 0 Å². The highest BCUT2D eigenvalue weighted by Gasteiger charge is 1.81. The molecular weight excluding hydrogens is 225 g/mol. The van der Waals surface area contributed by atoms with Gasteiger partial charge in [-0.1, -0.05) is 75.1 Å². The van der Waals surface area contributed by atoms with Crippen molar-refractivity contribution in [2.24, 2.45) is 17.8 Å². The lowest BCUT2D eigenvalue weighted by Gasteiger charge is -1.90. The summed E-state index contributed by atoms with van der Waals surface area (Å²) in [6, 6.07) is 0. The third kappa shape index (κ3) is 50.0. The lowest BCUT2D eigenvalue weighted by Crippen LogP contribution is -1.80. The van der Waals surface area contributed by atoms with E-state index in [4.69, 9.17) is 0 Å². The summed E-state index contributed by atoms with van der Waals surface area (Å²) in [5, 5.41) is 4.33. The summed E-state index contributed by atoms with van der Waals surface area (Å²) < 4.78 is 0. The van der Waals surface area contributed by atoms with E-state index in [0.29, 0.717) is 0 Å². The van der Waals surface area contributed by atoms with Gasteiger partial charge in [0.25, 0.3) is 0 Å². The first-order valence-electron chi connectivity index (χ1n) is 6.81. The van der Waals surface area contributed by atoms with Crippen LogP contribution < -0.4 is 0 Å². The second-order valence-corrected chi connectivity index (χ2v) is 7.86. The second kappa shape index (κ2) is 18.0. The van der Waals surface area contributed by atoms with Crippen molar-refractivity contribution < 1.29 is 0 Å². The Hall–Kier alpha value is 1.60. The third-order valence-corrected chi connectivity index (χ3v) is 7.35. The summed E-state index contributed by atoms with van der Waals surface area (Å²) in [6.45, 7) is 13.5. The maximum Gasteiger partial charge on any atom is 0.212 e. The molecule has 0 saturated carbocycles. The molecule has 0 aliphatic heterocycles. The van der Waals surface area contributed by atoms with Gasteiger partial charge in [0.1, 0.15) is 0 Å². The van der Waals surface area contributed by atoms with Gasteiger partial charge in [-0.15, -0.1) is 0 Å². The van der Waals surface area contributed by atoms with Crippen molar-refractivity contribution in [1.82, 2.24) is 0 Å². The van der Waals surface area contributed by atoms with Gasteiger partial charge >= 0.3 is 0 Å². The average molecular weight is 258 g/mol. The van der Waals surface area contributed by atoms with E-state index in [1.54, 1.807) is 0 Å². The molecule has 0 nitrogen and oxygen atoms in total. The van der Waals surface area contributed by atoms with Crippen molar-refractivity contribution in [3.05, 3.63) is 0 Å². The number of rotatable bonds is 3. The fourth-order valence-electron chi connectivity index (χ4n) is 0. The normalized spacial score (nSPS) is 9.40. The zero-order valence-electron chi connectivity index (χ0n) is 12.9. The standard InChI is InChI=1S/3C4H9.3Al.6H/c3*1-4(2)3;;;;;;;;;/h3*4H,1H2,2-3H3;;;;;;;;;. The largest absolute Gasteiger partial charge is 0.212 e. The summed E-state index contributed by atoms with van der Waals surface area (Å²) in [5.41, 5.74) is 0. The predicted octanol–water partition coefficient (Wildman–Crippen LogP) is 2.08. The minimum absolute atomic E-state index is 0.946. The molecule has 0 aliphatic rings. The van der Waals surface area contributed by atoms with Gasteiger partial charge in [0.2, 0.25) is 48.9 Å². The van der Waals surface area contributed by atoms with E-state index in [0.717, 1.165) is 17.8 Å². The van der Waals surface area contributed by atoms with Crippen LogP contribution in [-0.2, 0) is 0 Å². The molecule has 0 radical (unpaired) electrons. The smallest absolute Gasteiger partial charge is 0.0990 e. The first-order valence-corrected chi connectivity index (χ1v) is 11.1. The van der Waals surface area contributed by atoms with Crippen molar-refractivity contribution in [2.45, 2.75) is 57.4 Å². The Balaban J connectivity index is -0.000000144. The highest BCUT2D eigenvalue weighted by molar-refractivity contribution is 6.08. The van der Waals surface area contributed by atoms with Crippen molar-refractivity contribution in [3.8, 4) is 0 Å². The Morgan fingerprint density at radius 3 is 0.600 bits per heavy atom. The fourth-order valence-corrected chi connectivity index (χ4v) is 0. The Kier molecular flexibility index (Phi) is 26.2. The molecule has 0 aromatic carbocycles. The molecule has 0 N–H and O–H groups in total. The van der Waals surface area contributed by atoms with Crippen LogP contribution in [0.25, 0.3) is 0 Å². The molecule has 0 spiro atoms. The molecule has 0 fully saturated rings. The van der Waals surface area contributed by atoms with Crippen molar-refractivity contribution in [3.63, 3.8) is 0 Å². The summed E-state index contributed by atoms with van der Waals surface area (Å²) in [5.74, 6) is 2.84. The molecule has 0 rings (SSSR count). The summed E-state index contributed by atoms with van der Waals surface area (Å²) in [6.07, 6.45) is 0. The van der Waals surface area contributed by atoms with Crippen LogP contribution in [0, 0.1) is 17.8 Å². The molecule has 0 aromatic heterocycles. The van der Waals surface area contributed by atoms with Crippen LogP contribution >= 0.6 is 0 Å². The van der Waals surface area contributed by atoms with E-state index in [9.17, 15) is 0 Å². The van der Waals surface area contributed by atoms with Crippen LogP contribution in [0.4, 0.5) is 0 Å². The average Bonchev–Trinajstić information content (AvgIpc) is 2.19. The van der Waals surface area contributed by atoms with Crippen LogP contribution in [0.15, 0.2) is 0 Å². The lowest BCUT2D eigenvalue weighted by molar-refractivity contribution is 0.735. The molecule has 90 valence electrons. The van der Waals surface area contributed by atoms with E-state index in [2.05, 4.69) is 41.5 Å². The molecule has 15 heavy (non-hydrogen) atoms. The summed E-state index contributed by atoms with van der Waals surface area (Å²) in [7, 11) is 0. The minimum atomic E-state index is 0.946. The summed E-state index contributed by atoms with van der Waals surface area (Å²) in [4.78, 5) is 0. The molecule has 0 atom stereocenters. The Morgan fingerprint density at radius 2 is 0.600 bits per heavy atom. The molecule has 0 aromatic rings. The van der Waals surface area contributed by atoms with Gasteiger partial charge in [-0.25, -0.2) is 0 Å². The first kappa shape index (κ1) is 21.8. The highest BCUT2D eigenvalue weighted by Crippen LogP contribution is 1.93. The van der Waals surface area contributed by atoms with E-state index < -0.39 is 0 Å². The second-order valence-electron chi connectivity index (χ2n) is 5.41. The van der Waals surface area contributed by atoms with Gasteiger partial charge in [-0.3, -0.25) is 0 Å². The Labute approximate surface area is 123 Å². The topological polar surface area (TPSA) is 0 Å². The lowest BCUT2D eigenvalue weighted by atomic mass is 10.3. The van der Waals surface area contributed by atoms with E-state index in [1.165, 1.54) is 64.7 Å². The monoisotopic (exact) mass is 258 g/mol. The highest BCUT2D eigenvalue weighted by atomic mass is 27.1. The molecule has 0 saturated heterocycles. The zero-order chi connectivity index (χ0) is 12.9. The van der Waals surface area contributed by atoms with Gasteiger partial charge in [0.05, 0.1) is 0 Å². The van der Waals surface area contributed by atoms with E-state index in [1.807, 2.05) is 0 Å². The van der Waals surface area contributed by atoms with Crippen LogP contribution in [0.3, 0.4) is 0 Å². The van der Waals surface area contributed by atoms with Crippen LogP contribution in [0.1, 0.15) is 41.5 Å². The molecule has 0 amide bonds. The maximum absolute atomic E-state index is 2.26. The van der Waals surface area contributed by atoms with Crippen LogP contribution in [0.5, 0.6) is 0 Å². The van der Waals surface area contributed by atoms with Gasteiger partial charge in [-0.2, -0.15) is 0 Å². The molecule has 0 bridgehead atoms. The molecule has 0 aliphatic carbocycles. The number of hydrogen-bond acceptors (Lipinski definition) is 0.